The molecule has 0 radical (unpaired) electrons. The standard InChI is InChI=1S/C23H17ClO2S/c24-15-9-11-16(12-10-15)27-22-19-7-3-1-5-17(19)21(23-25-13-14-26-23)18-6-2-4-8-20(18)22/h1-12,23H,13-14H2. The van der Waals surface area contributed by atoms with E-state index < -0.39 is 0 Å². The van der Waals surface area contributed by atoms with Crippen LogP contribution in [0.25, 0.3) is 21.5 Å². The van der Waals surface area contributed by atoms with Gasteiger partial charge in [0.2, 0.25) is 0 Å². The highest BCUT2D eigenvalue weighted by Gasteiger charge is 2.25. The van der Waals surface area contributed by atoms with Crippen molar-refractivity contribution >= 4 is 44.9 Å². The molecule has 1 heterocycles. The molecule has 1 aliphatic heterocycles. The quantitative estimate of drug-likeness (QED) is 0.355. The van der Waals surface area contributed by atoms with Crippen LogP contribution in [0.15, 0.2) is 82.6 Å². The Morgan fingerprint density at radius 3 is 1.78 bits per heavy atom. The molecule has 27 heavy (non-hydrogen) atoms. The molecule has 0 aliphatic carbocycles. The van der Waals surface area contributed by atoms with Crippen LogP contribution in [-0.2, 0) is 9.47 Å². The largest absolute Gasteiger partial charge is 0.346 e. The molecule has 1 saturated heterocycles. The number of rotatable bonds is 3. The third-order valence-electron chi connectivity index (χ3n) is 4.81. The highest BCUT2D eigenvalue weighted by Crippen LogP contribution is 2.44. The van der Waals surface area contributed by atoms with Crippen molar-refractivity contribution in [3.63, 3.8) is 0 Å². The van der Waals surface area contributed by atoms with Crippen LogP contribution >= 0.6 is 23.4 Å². The van der Waals surface area contributed by atoms with Crippen molar-refractivity contribution in [1.29, 1.82) is 0 Å². The SMILES string of the molecule is Clc1ccc(Sc2c3ccccc3c(C3OCCO3)c3ccccc23)cc1. The predicted molar refractivity (Wildman–Crippen MR) is 112 cm³/mol. The molecule has 0 unspecified atom stereocenters. The van der Waals surface area contributed by atoms with E-state index in [2.05, 4.69) is 60.7 Å². The summed E-state index contributed by atoms with van der Waals surface area (Å²) in [6.45, 7) is 1.27. The summed E-state index contributed by atoms with van der Waals surface area (Å²) in [5, 5.41) is 5.54. The molecule has 0 amide bonds. The molecular formula is C23H17ClO2S. The lowest BCUT2D eigenvalue weighted by Crippen LogP contribution is -2.01. The van der Waals surface area contributed by atoms with Gasteiger partial charge in [-0.15, -0.1) is 0 Å². The summed E-state index contributed by atoms with van der Waals surface area (Å²) in [6.07, 6.45) is -0.311. The second kappa shape index (κ2) is 7.17. The van der Waals surface area contributed by atoms with Gasteiger partial charge in [-0.1, -0.05) is 71.9 Å². The lowest BCUT2D eigenvalue weighted by molar-refractivity contribution is -0.0419. The van der Waals surface area contributed by atoms with Crippen LogP contribution in [0.5, 0.6) is 0 Å². The van der Waals surface area contributed by atoms with Gasteiger partial charge >= 0.3 is 0 Å². The highest BCUT2D eigenvalue weighted by atomic mass is 35.5. The molecule has 4 aromatic rings. The van der Waals surface area contributed by atoms with Gasteiger partial charge < -0.3 is 9.47 Å². The van der Waals surface area contributed by atoms with Crippen LogP contribution in [0, 0.1) is 0 Å². The number of hydrogen-bond donors (Lipinski definition) is 0. The van der Waals surface area contributed by atoms with E-state index in [-0.39, 0.29) is 6.29 Å². The zero-order valence-electron chi connectivity index (χ0n) is 14.5. The van der Waals surface area contributed by atoms with E-state index in [4.69, 9.17) is 21.1 Å². The van der Waals surface area contributed by atoms with Crippen LogP contribution in [0.2, 0.25) is 5.02 Å². The number of hydrogen-bond acceptors (Lipinski definition) is 3. The second-order valence-corrected chi connectivity index (χ2v) is 7.98. The van der Waals surface area contributed by atoms with E-state index in [1.54, 1.807) is 11.8 Å². The van der Waals surface area contributed by atoms with Gasteiger partial charge in [0, 0.05) is 20.4 Å². The van der Waals surface area contributed by atoms with Crippen LogP contribution in [-0.4, -0.2) is 13.2 Å². The van der Waals surface area contributed by atoms with Gasteiger partial charge in [-0.05, 0) is 45.8 Å². The zero-order valence-corrected chi connectivity index (χ0v) is 16.1. The van der Waals surface area contributed by atoms with Crippen LogP contribution in [0.3, 0.4) is 0 Å². The molecule has 0 aromatic heterocycles. The van der Waals surface area contributed by atoms with E-state index in [1.165, 1.54) is 26.4 Å². The first-order chi connectivity index (χ1) is 13.3. The lowest BCUT2D eigenvalue weighted by Gasteiger charge is -2.19. The number of halogens is 1. The molecule has 4 heteroatoms. The molecule has 0 spiro atoms. The van der Waals surface area contributed by atoms with Crippen molar-refractivity contribution in [1.82, 2.24) is 0 Å². The zero-order chi connectivity index (χ0) is 18.2. The Balaban J connectivity index is 1.79. The second-order valence-electron chi connectivity index (χ2n) is 6.46. The van der Waals surface area contributed by atoms with Crippen molar-refractivity contribution < 1.29 is 9.47 Å². The Hall–Kier alpha value is -2.04. The minimum atomic E-state index is -0.311. The van der Waals surface area contributed by atoms with Crippen LogP contribution in [0.1, 0.15) is 11.9 Å². The Labute approximate surface area is 167 Å². The van der Waals surface area contributed by atoms with Crippen LogP contribution < -0.4 is 0 Å². The van der Waals surface area contributed by atoms with Gasteiger partial charge in [0.15, 0.2) is 6.29 Å². The summed E-state index contributed by atoms with van der Waals surface area (Å²) in [6, 6.07) is 25.0. The average molecular weight is 393 g/mol. The van der Waals surface area contributed by atoms with Crippen molar-refractivity contribution in [2.45, 2.75) is 16.1 Å². The van der Waals surface area contributed by atoms with Crippen molar-refractivity contribution in [3.8, 4) is 0 Å². The van der Waals surface area contributed by atoms with Crippen LogP contribution in [0.4, 0.5) is 0 Å². The maximum atomic E-state index is 6.06. The van der Waals surface area contributed by atoms with E-state index >= 15 is 0 Å². The molecular weight excluding hydrogens is 376 g/mol. The molecule has 0 N–H and O–H groups in total. The molecule has 1 fully saturated rings. The third kappa shape index (κ3) is 3.11. The molecule has 2 nitrogen and oxygen atoms in total. The topological polar surface area (TPSA) is 18.5 Å². The fourth-order valence-electron chi connectivity index (χ4n) is 3.63. The molecule has 0 saturated carbocycles. The summed E-state index contributed by atoms with van der Waals surface area (Å²) in [4.78, 5) is 2.40. The first-order valence-corrected chi connectivity index (χ1v) is 10.1. The van der Waals surface area contributed by atoms with E-state index in [0.29, 0.717) is 13.2 Å². The fraction of sp³-hybridized carbons (Fsp3) is 0.130. The fourth-order valence-corrected chi connectivity index (χ4v) is 4.84. The van der Waals surface area contributed by atoms with Gasteiger partial charge in [-0.25, -0.2) is 0 Å². The van der Waals surface area contributed by atoms with E-state index in [9.17, 15) is 0 Å². The van der Waals surface area contributed by atoms with E-state index in [0.717, 1.165) is 15.5 Å². The maximum absolute atomic E-state index is 6.06. The predicted octanol–water partition coefficient (Wildman–Crippen LogP) is 6.84. The summed E-state index contributed by atoms with van der Waals surface area (Å²) >= 11 is 7.83. The smallest absolute Gasteiger partial charge is 0.185 e. The van der Waals surface area contributed by atoms with Gasteiger partial charge in [-0.2, -0.15) is 0 Å². The Morgan fingerprint density at radius 1 is 0.704 bits per heavy atom. The Kier molecular flexibility index (Phi) is 4.54. The average Bonchev–Trinajstić information content (AvgIpc) is 3.24. The summed E-state index contributed by atoms with van der Waals surface area (Å²) < 4.78 is 11.8. The molecule has 4 aromatic carbocycles. The number of benzene rings is 4. The van der Waals surface area contributed by atoms with Crippen molar-refractivity contribution in [3.05, 3.63) is 83.4 Å². The van der Waals surface area contributed by atoms with Gasteiger partial charge in [0.05, 0.1) is 13.2 Å². The molecule has 1 aliphatic rings. The number of fused-ring (bicyclic) bond motifs is 2. The first-order valence-electron chi connectivity index (χ1n) is 8.91. The summed E-state index contributed by atoms with van der Waals surface area (Å²) in [5.41, 5.74) is 1.12. The van der Waals surface area contributed by atoms with Gasteiger partial charge in [0.1, 0.15) is 0 Å². The van der Waals surface area contributed by atoms with Gasteiger partial charge in [0.25, 0.3) is 0 Å². The lowest BCUT2D eigenvalue weighted by atomic mass is 9.96. The minimum absolute atomic E-state index is 0.311. The minimum Gasteiger partial charge on any atom is -0.346 e. The number of ether oxygens (including phenoxy) is 2. The summed E-state index contributed by atoms with van der Waals surface area (Å²) in [5.74, 6) is 0. The van der Waals surface area contributed by atoms with Crippen molar-refractivity contribution in [2.75, 3.05) is 13.2 Å². The molecule has 0 atom stereocenters. The highest BCUT2D eigenvalue weighted by molar-refractivity contribution is 7.99. The van der Waals surface area contributed by atoms with Crippen molar-refractivity contribution in [2.24, 2.45) is 0 Å². The third-order valence-corrected chi connectivity index (χ3v) is 6.22. The normalized spacial score (nSPS) is 15.0. The molecule has 134 valence electrons. The van der Waals surface area contributed by atoms with Gasteiger partial charge in [-0.3, -0.25) is 0 Å². The summed E-state index contributed by atoms with van der Waals surface area (Å²) in [7, 11) is 0. The molecule has 5 rings (SSSR count). The molecule has 0 bridgehead atoms. The van der Waals surface area contributed by atoms with E-state index in [1.807, 2.05) is 12.1 Å². The monoisotopic (exact) mass is 392 g/mol. The first kappa shape index (κ1) is 17.1. The maximum Gasteiger partial charge on any atom is 0.185 e. The Morgan fingerprint density at radius 2 is 1.22 bits per heavy atom. The Bertz CT molecular complexity index is 1060.